The summed E-state index contributed by atoms with van der Waals surface area (Å²) in [6, 6.07) is 17.8. The zero-order valence-corrected chi connectivity index (χ0v) is 17.4. The first-order valence-corrected chi connectivity index (χ1v) is 10.4. The smallest absolute Gasteiger partial charge is 0.244 e. The lowest BCUT2D eigenvalue weighted by Gasteiger charge is -2.36. The van der Waals surface area contributed by atoms with E-state index in [4.69, 9.17) is 4.74 Å². The van der Waals surface area contributed by atoms with Gasteiger partial charge in [0.05, 0.1) is 6.61 Å². The number of nitrogens with zero attached hydrogens (tertiary/aromatic N) is 2. The number of hydrogen-bond donors (Lipinski definition) is 1. The molecule has 6 heteroatoms. The highest BCUT2D eigenvalue weighted by molar-refractivity contribution is 5.92. The van der Waals surface area contributed by atoms with E-state index < -0.39 is 0 Å². The molecule has 0 unspecified atom stereocenters. The van der Waals surface area contributed by atoms with Gasteiger partial charge in [-0.25, -0.2) is 0 Å². The third-order valence-corrected chi connectivity index (χ3v) is 5.01. The molecule has 1 aliphatic heterocycles. The summed E-state index contributed by atoms with van der Waals surface area (Å²) < 4.78 is 5.40. The Labute approximate surface area is 178 Å². The molecular formula is C24H29N3O3. The summed E-state index contributed by atoms with van der Waals surface area (Å²) in [7, 11) is 0. The molecule has 1 N–H and O–H groups in total. The highest BCUT2D eigenvalue weighted by Gasteiger charge is 2.20. The van der Waals surface area contributed by atoms with Gasteiger partial charge in [-0.1, -0.05) is 30.3 Å². The normalized spacial score (nSPS) is 14.0. The number of benzene rings is 2. The van der Waals surface area contributed by atoms with Crippen LogP contribution in [0.1, 0.15) is 18.9 Å². The average molecular weight is 408 g/mol. The third kappa shape index (κ3) is 6.37. The minimum Gasteiger partial charge on any atom is -0.494 e. The Morgan fingerprint density at radius 2 is 1.70 bits per heavy atom. The van der Waals surface area contributed by atoms with Crippen molar-refractivity contribution in [1.82, 2.24) is 10.2 Å². The molecule has 6 nitrogen and oxygen atoms in total. The molecule has 0 bridgehead atoms. The van der Waals surface area contributed by atoms with Crippen molar-refractivity contribution in [3.8, 4) is 5.75 Å². The largest absolute Gasteiger partial charge is 0.494 e. The van der Waals surface area contributed by atoms with E-state index in [1.807, 2.05) is 54.3 Å². The second kappa shape index (κ2) is 11.0. The van der Waals surface area contributed by atoms with E-state index in [0.29, 0.717) is 32.7 Å². The van der Waals surface area contributed by atoms with Crippen molar-refractivity contribution in [2.75, 3.05) is 44.2 Å². The number of anilines is 1. The van der Waals surface area contributed by atoms with Crippen LogP contribution < -0.4 is 15.0 Å². The standard InChI is InChI=1S/C24H29N3O3/c1-2-30-22-11-8-20(9-12-22)10-13-23(28)25-15-14-24(29)27-18-16-26(17-19-27)21-6-4-3-5-7-21/h3-13H,2,14-19H2,1H3,(H,25,28)/b13-10+. The van der Waals surface area contributed by atoms with Gasteiger partial charge in [-0.05, 0) is 42.8 Å². The molecule has 2 amide bonds. The summed E-state index contributed by atoms with van der Waals surface area (Å²) in [4.78, 5) is 28.6. The number of rotatable bonds is 8. The summed E-state index contributed by atoms with van der Waals surface area (Å²) in [5.74, 6) is 0.686. The SMILES string of the molecule is CCOc1ccc(/C=C/C(=O)NCCC(=O)N2CCN(c3ccccc3)CC2)cc1. The minimum absolute atomic E-state index is 0.0819. The van der Waals surface area contributed by atoms with Gasteiger partial charge in [-0.3, -0.25) is 9.59 Å². The van der Waals surface area contributed by atoms with Crippen LogP contribution in [0.2, 0.25) is 0 Å². The molecule has 3 rings (SSSR count). The first-order chi connectivity index (χ1) is 14.7. The predicted octanol–water partition coefficient (Wildman–Crippen LogP) is 2.95. The van der Waals surface area contributed by atoms with Crippen LogP contribution in [0.15, 0.2) is 60.7 Å². The Kier molecular flexibility index (Phi) is 7.89. The Morgan fingerprint density at radius 1 is 1.00 bits per heavy atom. The van der Waals surface area contributed by atoms with Crippen molar-refractivity contribution in [3.63, 3.8) is 0 Å². The first kappa shape index (κ1) is 21.4. The number of carbonyl (C=O) groups is 2. The Hall–Kier alpha value is -3.28. The van der Waals surface area contributed by atoms with Crippen molar-refractivity contribution in [2.45, 2.75) is 13.3 Å². The Balaban J connectivity index is 1.35. The maximum Gasteiger partial charge on any atom is 0.244 e. The first-order valence-electron chi connectivity index (χ1n) is 10.4. The lowest BCUT2D eigenvalue weighted by molar-refractivity contribution is -0.131. The molecule has 0 aliphatic carbocycles. The predicted molar refractivity (Wildman–Crippen MR) is 120 cm³/mol. The van der Waals surface area contributed by atoms with Gasteiger partial charge in [-0.15, -0.1) is 0 Å². The van der Waals surface area contributed by atoms with Gasteiger partial charge in [0.25, 0.3) is 0 Å². The molecule has 1 saturated heterocycles. The second-order valence-corrected chi connectivity index (χ2v) is 7.08. The monoisotopic (exact) mass is 407 g/mol. The van der Waals surface area contributed by atoms with Crippen LogP contribution in [-0.4, -0.2) is 56.0 Å². The molecule has 30 heavy (non-hydrogen) atoms. The quantitative estimate of drug-likeness (QED) is 0.684. The zero-order chi connectivity index (χ0) is 21.2. The van der Waals surface area contributed by atoms with Crippen molar-refractivity contribution in [2.24, 2.45) is 0 Å². The van der Waals surface area contributed by atoms with Crippen LogP contribution in [0.25, 0.3) is 6.08 Å². The van der Waals surface area contributed by atoms with Gasteiger partial charge in [-0.2, -0.15) is 0 Å². The van der Waals surface area contributed by atoms with Gasteiger partial charge < -0.3 is 19.9 Å². The number of carbonyl (C=O) groups excluding carboxylic acids is 2. The number of hydrogen-bond acceptors (Lipinski definition) is 4. The van der Waals surface area contributed by atoms with Crippen LogP contribution in [-0.2, 0) is 9.59 Å². The summed E-state index contributed by atoms with van der Waals surface area (Å²) in [5.41, 5.74) is 2.11. The number of piperazine rings is 1. The summed E-state index contributed by atoms with van der Waals surface area (Å²) in [6.45, 7) is 5.97. The molecule has 1 heterocycles. The number of nitrogens with one attached hydrogen (secondary N) is 1. The van der Waals surface area contributed by atoms with Gasteiger partial charge in [0.15, 0.2) is 0 Å². The van der Waals surface area contributed by atoms with Crippen molar-refractivity contribution in [3.05, 3.63) is 66.2 Å². The molecule has 0 aromatic heterocycles. The zero-order valence-electron chi connectivity index (χ0n) is 17.4. The summed E-state index contributed by atoms with van der Waals surface area (Å²) in [6.07, 6.45) is 3.54. The molecule has 0 atom stereocenters. The molecule has 158 valence electrons. The molecule has 0 spiro atoms. The molecule has 1 aliphatic rings. The van der Waals surface area contributed by atoms with E-state index in [1.165, 1.54) is 11.8 Å². The summed E-state index contributed by atoms with van der Waals surface area (Å²) >= 11 is 0. The van der Waals surface area contributed by atoms with E-state index in [1.54, 1.807) is 6.08 Å². The molecular weight excluding hydrogens is 378 g/mol. The van der Waals surface area contributed by atoms with Crippen LogP contribution in [0.4, 0.5) is 5.69 Å². The molecule has 2 aromatic rings. The fourth-order valence-corrected chi connectivity index (χ4v) is 3.38. The van der Waals surface area contributed by atoms with E-state index in [9.17, 15) is 9.59 Å². The van der Waals surface area contributed by atoms with Crippen molar-refractivity contribution < 1.29 is 14.3 Å². The number of para-hydroxylation sites is 1. The van der Waals surface area contributed by atoms with E-state index >= 15 is 0 Å². The lowest BCUT2D eigenvalue weighted by Crippen LogP contribution is -2.49. The van der Waals surface area contributed by atoms with Gasteiger partial charge in [0.2, 0.25) is 11.8 Å². The van der Waals surface area contributed by atoms with Crippen LogP contribution in [0.3, 0.4) is 0 Å². The highest BCUT2D eigenvalue weighted by Crippen LogP contribution is 2.16. The Morgan fingerprint density at radius 3 is 2.37 bits per heavy atom. The summed E-state index contributed by atoms with van der Waals surface area (Å²) in [5, 5.41) is 2.78. The van der Waals surface area contributed by atoms with Gasteiger partial charge in [0.1, 0.15) is 5.75 Å². The van der Waals surface area contributed by atoms with Gasteiger partial charge in [0, 0.05) is 50.9 Å². The number of amides is 2. The second-order valence-electron chi connectivity index (χ2n) is 7.08. The highest BCUT2D eigenvalue weighted by atomic mass is 16.5. The fraction of sp³-hybridized carbons (Fsp3) is 0.333. The van der Waals surface area contributed by atoms with Crippen molar-refractivity contribution in [1.29, 1.82) is 0 Å². The van der Waals surface area contributed by atoms with Crippen LogP contribution in [0.5, 0.6) is 5.75 Å². The molecule has 0 saturated carbocycles. The van der Waals surface area contributed by atoms with E-state index in [2.05, 4.69) is 22.3 Å². The minimum atomic E-state index is -0.203. The van der Waals surface area contributed by atoms with E-state index in [0.717, 1.165) is 24.4 Å². The van der Waals surface area contributed by atoms with E-state index in [-0.39, 0.29) is 11.8 Å². The lowest BCUT2D eigenvalue weighted by atomic mass is 10.2. The Bertz CT molecular complexity index is 842. The molecule has 0 radical (unpaired) electrons. The maximum absolute atomic E-state index is 12.4. The number of ether oxygens (including phenoxy) is 1. The maximum atomic E-state index is 12.4. The molecule has 1 fully saturated rings. The molecule has 2 aromatic carbocycles. The topological polar surface area (TPSA) is 61.9 Å². The fourth-order valence-electron chi connectivity index (χ4n) is 3.38. The van der Waals surface area contributed by atoms with Crippen LogP contribution in [0, 0.1) is 0 Å². The van der Waals surface area contributed by atoms with Crippen LogP contribution >= 0.6 is 0 Å². The van der Waals surface area contributed by atoms with Gasteiger partial charge >= 0.3 is 0 Å². The van der Waals surface area contributed by atoms with Crippen molar-refractivity contribution >= 4 is 23.6 Å². The third-order valence-electron chi connectivity index (χ3n) is 5.01. The average Bonchev–Trinajstić information content (AvgIpc) is 2.79.